The van der Waals surface area contributed by atoms with Crippen molar-refractivity contribution in [3.05, 3.63) is 23.3 Å². The molecule has 0 saturated carbocycles. The van der Waals surface area contributed by atoms with Gasteiger partial charge in [-0.3, -0.25) is 4.99 Å². The first-order valence-electron chi connectivity index (χ1n) is 10.2. The summed E-state index contributed by atoms with van der Waals surface area (Å²) in [4.78, 5) is 4.81. The number of hydrogen-bond donors (Lipinski definition) is 0. The molecule has 1 heterocycles. The lowest BCUT2D eigenvalue weighted by Gasteiger charge is -2.42. The van der Waals surface area contributed by atoms with Crippen LogP contribution in [0.2, 0.25) is 16.6 Å². The Morgan fingerprint density at radius 2 is 1.48 bits per heavy atom. The first kappa shape index (κ1) is 22.0. The van der Waals surface area contributed by atoms with Gasteiger partial charge in [0.05, 0.1) is 14.2 Å². The average molecular weight is 392 g/mol. The van der Waals surface area contributed by atoms with Crippen LogP contribution in [-0.4, -0.2) is 41.4 Å². The van der Waals surface area contributed by atoms with Gasteiger partial charge in [0.15, 0.2) is 19.8 Å². The third kappa shape index (κ3) is 4.40. The standard InChI is InChI=1S/C22H37NO3Si/c1-15(2)27(16(3)4,17(5)6)26-12-10-20-19-14-22(25-8)21(24-7)13-18(19)9-11-23-20/h13-17H,9-12H2,1-8H3. The highest BCUT2D eigenvalue weighted by molar-refractivity contribution is 6.77. The molecule has 1 aliphatic heterocycles. The summed E-state index contributed by atoms with van der Waals surface area (Å²) in [7, 11) is 1.53. The van der Waals surface area contributed by atoms with E-state index in [0.29, 0.717) is 16.6 Å². The van der Waals surface area contributed by atoms with E-state index in [4.69, 9.17) is 18.9 Å². The van der Waals surface area contributed by atoms with E-state index in [-0.39, 0.29) is 0 Å². The van der Waals surface area contributed by atoms with Gasteiger partial charge in [-0.05, 0) is 40.7 Å². The molecular weight excluding hydrogens is 354 g/mol. The average Bonchev–Trinajstić information content (AvgIpc) is 2.63. The van der Waals surface area contributed by atoms with E-state index >= 15 is 0 Å². The zero-order valence-corrected chi connectivity index (χ0v) is 19.4. The Hall–Kier alpha value is -1.33. The van der Waals surface area contributed by atoms with Gasteiger partial charge < -0.3 is 13.9 Å². The predicted molar refractivity (Wildman–Crippen MR) is 116 cm³/mol. The highest BCUT2D eigenvalue weighted by Crippen LogP contribution is 2.42. The molecule has 152 valence electrons. The van der Waals surface area contributed by atoms with Crippen LogP contribution in [0.3, 0.4) is 0 Å². The van der Waals surface area contributed by atoms with Gasteiger partial charge in [-0.1, -0.05) is 41.5 Å². The van der Waals surface area contributed by atoms with Crippen LogP contribution in [0.25, 0.3) is 0 Å². The second kappa shape index (κ2) is 9.24. The normalized spacial score (nSPS) is 14.6. The quantitative estimate of drug-likeness (QED) is 0.512. The zero-order chi connectivity index (χ0) is 20.2. The summed E-state index contributed by atoms with van der Waals surface area (Å²) in [6.45, 7) is 15.6. The maximum atomic E-state index is 6.74. The summed E-state index contributed by atoms with van der Waals surface area (Å²) in [5.74, 6) is 1.56. The van der Waals surface area contributed by atoms with Crippen LogP contribution in [0.15, 0.2) is 17.1 Å². The molecule has 0 saturated heterocycles. The number of hydrogen-bond acceptors (Lipinski definition) is 4. The van der Waals surface area contributed by atoms with Crippen LogP contribution in [0.1, 0.15) is 59.1 Å². The molecule has 4 nitrogen and oxygen atoms in total. The summed E-state index contributed by atoms with van der Waals surface area (Å²) < 4.78 is 17.7. The molecule has 0 aliphatic carbocycles. The molecule has 0 bridgehead atoms. The van der Waals surface area contributed by atoms with Gasteiger partial charge in [0.25, 0.3) is 0 Å². The van der Waals surface area contributed by atoms with E-state index in [2.05, 4.69) is 53.7 Å². The molecule has 0 radical (unpaired) electrons. The molecule has 27 heavy (non-hydrogen) atoms. The Bertz CT molecular complexity index is 646. The number of ether oxygens (including phenoxy) is 2. The molecule has 1 aromatic carbocycles. The van der Waals surface area contributed by atoms with Gasteiger partial charge in [0.1, 0.15) is 0 Å². The number of methoxy groups -OCH3 is 2. The van der Waals surface area contributed by atoms with Crippen LogP contribution in [-0.2, 0) is 10.8 Å². The molecule has 0 amide bonds. The van der Waals surface area contributed by atoms with Crippen molar-refractivity contribution in [2.24, 2.45) is 4.99 Å². The minimum atomic E-state index is -1.84. The van der Waals surface area contributed by atoms with Gasteiger partial charge in [-0.2, -0.15) is 0 Å². The van der Waals surface area contributed by atoms with Crippen molar-refractivity contribution in [2.75, 3.05) is 27.4 Å². The maximum Gasteiger partial charge on any atom is 0.200 e. The molecule has 0 spiro atoms. The van der Waals surface area contributed by atoms with E-state index < -0.39 is 8.32 Å². The SMILES string of the molecule is COc1cc2c(cc1OC)C(CCO[Si](C(C)C)(C(C)C)C(C)C)=NCC2. The topological polar surface area (TPSA) is 40.0 Å². The molecule has 0 fully saturated rings. The van der Waals surface area contributed by atoms with Gasteiger partial charge in [0, 0.05) is 30.8 Å². The fourth-order valence-corrected chi connectivity index (χ4v) is 10.3. The zero-order valence-electron chi connectivity index (χ0n) is 18.4. The van der Waals surface area contributed by atoms with Gasteiger partial charge >= 0.3 is 0 Å². The van der Waals surface area contributed by atoms with Gasteiger partial charge in [0.2, 0.25) is 0 Å². The fourth-order valence-electron chi connectivity index (χ4n) is 4.83. The molecule has 1 aliphatic rings. The summed E-state index contributed by atoms with van der Waals surface area (Å²) in [6, 6.07) is 4.17. The molecule has 0 unspecified atom stereocenters. The minimum Gasteiger partial charge on any atom is -0.493 e. The molecule has 2 rings (SSSR count). The van der Waals surface area contributed by atoms with Crippen molar-refractivity contribution >= 4 is 14.0 Å². The Morgan fingerprint density at radius 1 is 0.926 bits per heavy atom. The van der Waals surface area contributed by atoms with Crippen molar-refractivity contribution in [3.8, 4) is 11.5 Å². The summed E-state index contributed by atoms with van der Waals surface area (Å²) in [5.41, 5.74) is 5.41. The third-order valence-electron chi connectivity index (χ3n) is 6.00. The first-order chi connectivity index (χ1) is 12.8. The number of fused-ring (bicyclic) bond motifs is 1. The Kier molecular flexibility index (Phi) is 7.52. The van der Waals surface area contributed by atoms with Crippen molar-refractivity contribution in [1.82, 2.24) is 0 Å². The van der Waals surface area contributed by atoms with E-state index in [9.17, 15) is 0 Å². The van der Waals surface area contributed by atoms with Crippen LogP contribution in [0, 0.1) is 0 Å². The van der Waals surface area contributed by atoms with Crippen LogP contribution in [0.4, 0.5) is 0 Å². The van der Waals surface area contributed by atoms with E-state index in [1.54, 1.807) is 14.2 Å². The van der Waals surface area contributed by atoms with Crippen molar-refractivity contribution in [1.29, 1.82) is 0 Å². The van der Waals surface area contributed by atoms with Crippen molar-refractivity contribution < 1.29 is 13.9 Å². The lowest BCUT2D eigenvalue weighted by atomic mass is 9.95. The second-order valence-electron chi connectivity index (χ2n) is 8.36. The smallest absolute Gasteiger partial charge is 0.200 e. The summed E-state index contributed by atoms with van der Waals surface area (Å²) in [5, 5.41) is 0. The highest BCUT2D eigenvalue weighted by Gasteiger charge is 2.44. The maximum absolute atomic E-state index is 6.74. The molecule has 1 aromatic rings. The Balaban J connectivity index is 2.19. The predicted octanol–water partition coefficient (Wildman–Crippen LogP) is 5.63. The van der Waals surface area contributed by atoms with Crippen LogP contribution in [0.5, 0.6) is 11.5 Å². The van der Waals surface area contributed by atoms with Crippen molar-refractivity contribution in [3.63, 3.8) is 0 Å². The third-order valence-corrected chi connectivity index (χ3v) is 12.1. The lowest BCUT2D eigenvalue weighted by molar-refractivity contribution is 0.287. The molecule has 0 aromatic heterocycles. The molecule has 0 atom stereocenters. The van der Waals surface area contributed by atoms with E-state index in [1.165, 1.54) is 11.1 Å². The van der Waals surface area contributed by atoms with Crippen molar-refractivity contribution in [2.45, 2.75) is 71.0 Å². The Labute approximate surface area is 166 Å². The van der Waals surface area contributed by atoms with Crippen LogP contribution >= 0.6 is 0 Å². The van der Waals surface area contributed by atoms with Crippen LogP contribution < -0.4 is 9.47 Å². The number of rotatable bonds is 9. The highest BCUT2D eigenvalue weighted by atomic mass is 28.4. The van der Waals surface area contributed by atoms with Gasteiger partial charge in [-0.15, -0.1) is 0 Å². The van der Waals surface area contributed by atoms with E-state index in [1.807, 2.05) is 0 Å². The lowest BCUT2D eigenvalue weighted by Crippen LogP contribution is -2.48. The molecule has 5 heteroatoms. The molecular formula is C22H37NO3Si. The number of benzene rings is 1. The summed E-state index contributed by atoms with van der Waals surface area (Å²) >= 11 is 0. The minimum absolute atomic E-state index is 0.599. The largest absolute Gasteiger partial charge is 0.493 e. The monoisotopic (exact) mass is 391 g/mol. The second-order valence-corrected chi connectivity index (χ2v) is 13.8. The molecule has 0 N–H and O–H groups in total. The summed E-state index contributed by atoms with van der Waals surface area (Å²) in [6.07, 6.45) is 1.80. The Morgan fingerprint density at radius 3 is 2.00 bits per heavy atom. The van der Waals surface area contributed by atoms with Gasteiger partial charge in [-0.25, -0.2) is 0 Å². The van der Waals surface area contributed by atoms with E-state index in [0.717, 1.165) is 43.2 Å². The fraction of sp³-hybridized carbons (Fsp3) is 0.682. The number of nitrogens with zero attached hydrogens (tertiary/aromatic N) is 1. The number of aliphatic imine (C=N–C) groups is 1. The first-order valence-corrected chi connectivity index (χ1v) is 12.3.